The maximum atomic E-state index is 4.88. The molecule has 0 spiro atoms. The Labute approximate surface area is 159 Å². The van der Waals surface area contributed by atoms with E-state index in [0.29, 0.717) is 0 Å². The molecule has 136 valence electrons. The first-order valence-electron chi connectivity index (χ1n) is 9.20. The van der Waals surface area contributed by atoms with Gasteiger partial charge < -0.3 is 5.32 Å². The minimum atomic E-state index is 0.742. The molecule has 27 heavy (non-hydrogen) atoms. The quantitative estimate of drug-likeness (QED) is 0.575. The molecular formula is C22H23N5. The number of aromatic nitrogens is 4. The van der Waals surface area contributed by atoms with E-state index in [0.717, 1.165) is 47.0 Å². The monoisotopic (exact) mass is 357 g/mol. The Morgan fingerprint density at radius 3 is 2.44 bits per heavy atom. The zero-order chi connectivity index (χ0) is 18.8. The van der Waals surface area contributed by atoms with Crippen LogP contribution in [0.3, 0.4) is 0 Å². The summed E-state index contributed by atoms with van der Waals surface area (Å²) in [6, 6.07) is 18.6. The SMILES string of the molecule is Cc1ccc2nc(NCCc3ccccc3)c(-n3nc(C)cc3C)nc2c1. The van der Waals surface area contributed by atoms with Crippen LogP contribution in [0.5, 0.6) is 0 Å². The highest BCUT2D eigenvalue weighted by atomic mass is 15.3. The summed E-state index contributed by atoms with van der Waals surface area (Å²) in [6.45, 7) is 6.87. The minimum Gasteiger partial charge on any atom is -0.367 e. The normalized spacial score (nSPS) is 11.1. The van der Waals surface area contributed by atoms with Crippen molar-refractivity contribution >= 4 is 16.9 Å². The van der Waals surface area contributed by atoms with Crippen molar-refractivity contribution in [2.24, 2.45) is 0 Å². The van der Waals surface area contributed by atoms with E-state index >= 15 is 0 Å². The van der Waals surface area contributed by atoms with Crippen molar-refractivity contribution in [2.45, 2.75) is 27.2 Å². The first kappa shape index (κ1) is 17.2. The zero-order valence-electron chi connectivity index (χ0n) is 15.9. The average Bonchev–Trinajstić information content (AvgIpc) is 3.00. The maximum Gasteiger partial charge on any atom is 0.197 e. The van der Waals surface area contributed by atoms with Crippen LogP contribution in [-0.4, -0.2) is 26.3 Å². The van der Waals surface area contributed by atoms with Crippen molar-refractivity contribution in [3.63, 3.8) is 0 Å². The van der Waals surface area contributed by atoms with E-state index < -0.39 is 0 Å². The molecule has 0 saturated carbocycles. The molecular weight excluding hydrogens is 334 g/mol. The standard InChI is InChI=1S/C22H23N5/c1-15-9-10-19-20(13-15)25-22(27-17(3)14-16(2)26-27)21(24-19)23-12-11-18-7-5-4-6-8-18/h4-10,13-14H,11-12H2,1-3H3,(H,23,24). The van der Waals surface area contributed by atoms with Gasteiger partial charge in [0, 0.05) is 12.2 Å². The summed E-state index contributed by atoms with van der Waals surface area (Å²) in [7, 11) is 0. The number of aryl methyl sites for hydroxylation is 3. The molecule has 0 amide bonds. The van der Waals surface area contributed by atoms with Gasteiger partial charge in [-0.1, -0.05) is 36.4 Å². The van der Waals surface area contributed by atoms with Crippen molar-refractivity contribution in [1.82, 2.24) is 19.7 Å². The molecule has 5 nitrogen and oxygen atoms in total. The molecule has 0 bridgehead atoms. The summed E-state index contributed by atoms with van der Waals surface area (Å²) in [5, 5.41) is 8.08. The number of rotatable bonds is 5. The van der Waals surface area contributed by atoms with Crippen molar-refractivity contribution in [2.75, 3.05) is 11.9 Å². The fourth-order valence-electron chi connectivity index (χ4n) is 3.23. The number of nitrogens with one attached hydrogen (secondary N) is 1. The van der Waals surface area contributed by atoms with Crippen LogP contribution in [-0.2, 0) is 6.42 Å². The van der Waals surface area contributed by atoms with Crippen molar-refractivity contribution in [1.29, 1.82) is 0 Å². The molecule has 0 fully saturated rings. The van der Waals surface area contributed by atoms with Gasteiger partial charge in [0.25, 0.3) is 0 Å². The molecule has 0 saturated heterocycles. The van der Waals surface area contributed by atoms with Gasteiger partial charge in [0.05, 0.1) is 16.7 Å². The zero-order valence-corrected chi connectivity index (χ0v) is 15.9. The van der Waals surface area contributed by atoms with Crippen LogP contribution in [0.4, 0.5) is 5.82 Å². The molecule has 2 heterocycles. The topological polar surface area (TPSA) is 55.6 Å². The van der Waals surface area contributed by atoms with Gasteiger partial charge in [0.15, 0.2) is 11.6 Å². The van der Waals surface area contributed by atoms with E-state index in [1.54, 1.807) is 0 Å². The number of hydrogen-bond donors (Lipinski definition) is 1. The third-order valence-electron chi connectivity index (χ3n) is 4.56. The van der Waals surface area contributed by atoms with E-state index in [1.165, 1.54) is 11.1 Å². The van der Waals surface area contributed by atoms with Crippen LogP contribution in [0.1, 0.15) is 22.5 Å². The van der Waals surface area contributed by atoms with Crippen LogP contribution in [0, 0.1) is 20.8 Å². The molecule has 0 aliphatic rings. The molecule has 2 aromatic heterocycles. The molecule has 4 rings (SSSR count). The highest BCUT2D eigenvalue weighted by Crippen LogP contribution is 2.22. The van der Waals surface area contributed by atoms with Gasteiger partial charge >= 0.3 is 0 Å². The van der Waals surface area contributed by atoms with Gasteiger partial charge in [-0.3, -0.25) is 0 Å². The van der Waals surface area contributed by atoms with Gasteiger partial charge in [0.1, 0.15) is 0 Å². The maximum absolute atomic E-state index is 4.88. The number of benzene rings is 2. The second-order valence-electron chi connectivity index (χ2n) is 6.89. The van der Waals surface area contributed by atoms with E-state index in [9.17, 15) is 0 Å². The third kappa shape index (κ3) is 3.67. The molecule has 2 aromatic carbocycles. The van der Waals surface area contributed by atoms with E-state index in [1.807, 2.05) is 30.7 Å². The summed E-state index contributed by atoms with van der Waals surface area (Å²) < 4.78 is 1.87. The Hall–Kier alpha value is -3.21. The highest BCUT2D eigenvalue weighted by Gasteiger charge is 2.14. The van der Waals surface area contributed by atoms with Gasteiger partial charge in [-0.15, -0.1) is 0 Å². The molecule has 4 aromatic rings. The number of nitrogens with zero attached hydrogens (tertiary/aromatic N) is 4. The second-order valence-corrected chi connectivity index (χ2v) is 6.89. The highest BCUT2D eigenvalue weighted by molar-refractivity contribution is 5.79. The summed E-state index contributed by atoms with van der Waals surface area (Å²) >= 11 is 0. The summed E-state index contributed by atoms with van der Waals surface area (Å²) in [6.07, 6.45) is 0.922. The Morgan fingerprint density at radius 1 is 0.889 bits per heavy atom. The van der Waals surface area contributed by atoms with Gasteiger partial charge in [0.2, 0.25) is 0 Å². The summed E-state index contributed by atoms with van der Waals surface area (Å²) in [5.41, 5.74) is 6.23. The van der Waals surface area contributed by atoms with Crippen LogP contribution >= 0.6 is 0 Å². The Bertz CT molecular complexity index is 1080. The van der Waals surface area contributed by atoms with E-state index in [-0.39, 0.29) is 0 Å². The average molecular weight is 357 g/mol. The Kier molecular flexibility index (Phi) is 4.59. The fourth-order valence-corrected chi connectivity index (χ4v) is 3.23. The molecule has 0 atom stereocenters. The van der Waals surface area contributed by atoms with Gasteiger partial charge in [-0.2, -0.15) is 5.10 Å². The van der Waals surface area contributed by atoms with Crippen molar-refractivity contribution < 1.29 is 0 Å². The van der Waals surface area contributed by atoms with Gasteiger partial charge in [-0.05, 0) is 56.5 Å². The number of anilines is 1. The minimum absolute atomic E-state index is 0.742. The molecule has 5 heteroatoms. The summed E-state index contributed by atoms with van der Waals surface area (Å²) in [4.78, 5) is 9.72. The molecule has 1 N–H and O–H groups in total. The molecule has 0 aliphatic carbocycles. The van der Waals surface area contributed by atoms with Crippen LogP contribution in [0.15, 0.2) is 54.6 Å². The first-order valence-corrected chi connectivity index (χ1v) is 9.20. The van der Waals surface area contributed by atoms with Crippen LogP contribution in [0.2, 0.25) is 0 Å². The lowest BCUT2D eigenvalue weighted by Crippen LogP contribution is -2.13. The number of hydrogen-bond acceptors (Lipinski definition) is 4. The Morgan fingerprint density at radius 2 is 1.70 bits per heavy atom. The number of fused-ring (bicyclic) bond motifs is 1. The van der Waals surface area contributed by atoms with Crippen molar-refractivity contribution in [3.8, 4) is 5.82 Å². The van der Waals surface area contributed by atoms with E-state index in [4.69, 9.17) is 9.97 Å². The van der Waals surface area contributed by atoms with Crippen LogP contribution in [0.25, 0.3) is 16.9 Å². The second kappa shape index (κ2) is 7.19. The first-order chi connectivity index (χ1) is 13.1. The smallest absolute Gasteiger partial charge is 0.197 e. The lowest BCUT2D eigenvalue weighted by molar-refractivity contribution is 0.804. The fraction of sp³-hybridized carbons (Fsp3) is 0.227. The Balaban J connectivity index is 1.71. The van der Waals surface area contributed by atoms with Gasteiger partial charge in [-0.25, -0.2) is 14.6 Å². The third-order valence-corrected chi connectivity index (χ3v) is 4.56. The van der Waals surface area contributed by atoms with E-state index in [2.05, 4.69) is 59.8 Å². The van der Waals surface area contributed by atoms with Crippen LogP contribution < -0.4 is 5.32 Å². The lowest BCUT2D eigenvalue weighted by Gasteiger charge is -2.13. The molecule has 0 radical (unpaired) electrons. The largest absolute Gasteiger partial charge is 0.367 e. The predicted molar refractivity (Wildman–Crippen MR) is 110 cm³/mol. The van der Waals surface area contributed by atoms with Crippen molar-refractivity contribution in [3.05, 3.63) is 77.1 Å². The predicted octanol–water partition coefficient (Wildman–Crippen LogP) is 4.40. The lowest BCUT2D eigenvalue weighted by atomic mass is 10.1. The summed E-state index contributed by atoms with van der Waals surface area (Å²) in [5.74, 6) is 1.50. The molecule has 0 unspecified atom stereocenters. The molecule has 0 aliphatic heterocycles.